The summed E-state index contributed by atoms with van der Waals surface area (Å²) in [4.78, 5) is 51.6. The number of alkyl carbamates (subject to hydrolysis) is 1. The third-order valence-corrected chi connectivity index (χ3v) is 4.59. The third-order valence-electron chi connectivity index (χ3n) is 4.59. The van der Waals surface area contributed by atoms with Crippen LogP contribution in [0.4, 0.5) is 4.79 Å². The van der Waals surface area contributed by atoms with Crippen molar-refractivity contribution >= 4 is 23.9 Å². The Bertz CT molecular complexity index is 856. The molecule has 1 aromatic carbocycles. The standard InChI is InChI=1S/C24H34N2O7/c1-23(2,3)32-20(28)17(25-22(30)31-15-16-10-8-7-9-11-16)14-19(27)26-13-12-18(26)21(29)33-24(4,5)6/h7-11,17-18H,12-15H2,1-6H3,(H,25,30). The number of ether oxygens (including phenoxy) is 3. The van der Waals surface area contributed by atoms with Crippen LogP contribution in [0.25, 0.3) is 0 Å². The lowest BCUT2D eigenvalue weighted by molar-refractivity contribution is -0.171. The molecule has 1 N–H and O–H groups in total. The van der Waals surface area contributed by atoms with E-state index in [2.05, 4.69) is 5.32 Å². The van der Waals surface area contributed by atoms with Crippen molar-refractivity contribution in [3.8, 4) is 0 Å². The lowest BCUT2D eigenvalue weighted by Crippen LogP contribution is -2.58. The van der Waals surface area contributed by atoms with Crippen LogP contribution in [0, 0.1) is 0 Å². The maximum absolute atomic E-state index is 12.9. The Hall–Kier alpha value is -3.10. The van der Waals surface area contributed by atoms with Crippen molar-refractivity contribution in [3.63, 3.8) is 0 Å². The average Bonchev–Trinajstić information content (AvgIpc) is 2.62. The van der Waals surface area contributed by atoms with Crippen molar-refractivity contribution in [1.82, 2.24) is 10.2 Å². The van der Waals surface area contributed by atoms with Gasteiger partial charge < -0.3 is 24.4 Å². The van der Waals surface area contributed by atoms with Crippen LogP contribution in [0.15, 0.2) is 30.3 Å². The first-order chi connectivity index (χ1) is 15.2. The molecule has 9 heteroatoms. The summed E-state index contributed by atoms with van der Waals surface area (Å²) in [5, 5.41) is 2.43. The molecule has 0 saturated carbocycles. The zero-order valence-electron chi connectivity index (χ0n) is 20.2. The van der Waals surface area contributed by atoms with Crippen LogP contribution < -0.4 is 5.32 Å². The number of hydrogen-bond donors (Lipinski definition) is 1. The summed E-state index contributed by atoms with van der Waals surface area (Å²) in [5.41, 5.74) is -0.716. The van der Waals surface area contributed by atoms with Crippen molar-refractivity contribution in [1.29, 1.82) is 0 Å². The number of nitrogens with zero attached hydrogens (tertiary/aromatic N) is 1. The minimum absolute atomic E-state index is 0.00843. The molecular weight excluding hydrogens is 428 g/mol. The highest BCUT2D eigenvalue weighted by Gasteiger charge is 2.41. The zero-order valence-corrected chi connectivity index (χ0v) is 20.2. The largest absolute Gasteiger partial charge is 0.458 e. The molecule has 2 amide bonds. The van der Waals surface area contributed by atoms with Crippen LogP contribution in [-0.2, 0) is 35.2 Å². The van der Waals surface area contributed by atoms with Gasteiger partial charge in [0.15, 0.2) is 0 Å². The Labute approximate surface area is 194 Å². The maximum Gasteiger partial charge on any atom is 0.408 e. The van der Waals surface area contributed by atoms with Crippen molar-refractivity contribution in [2.75, 3.05) is 6.54 Å². The summed E-state index contributed by atoms with van der Waals surface area (Å²) in [5.74, 6) is -1.72. The van der Waals surface area contributed by atoms with Gasteiger partial charge in [-0.2, -0.15) is 0 Å². The third kappa shape index (κ3) is 8.75. The van der Waals surface area contributed by atoms with Gasteiger partial charge in [0.05, 0.1) is 6.42 Å². The van der Waals surface area contributed by atoms with E-state index in [4.69, 9.17) is 14.2 Å². The molecule has 1 aliphatic heterocycles. The van der Waals surface area contributed by atoms with Gasteiger partial charge in [-0.15, -0.1) is 0 Å². The van der Waals surface area contributed by atoms with Gasteiger partial charge in [0.1, 0.15) is 29.9 Å². The van der Waals surface area contributed by atoms with E-state index in [0.29, 0.717) is 13.0 Å². The van der Waals surface area contributed by atoms with Gasteiger partial charge in [0.2, 0.25) is 5.91 Å². The number of rotatable bonds is 7. The number of carbonyl (C=O) groups excluding carboxylic acids is 4. The van der Waals surface area contributed by atoms with Gasteiger partial charge in [-0.3, -0.25) is 4.79 Å². The van der Waals surface area contributed by atoms with E-state index < -0.39 is 47.2 Å². The second kappa shape index (κ2) is 10.7. The number of amides is 2. The zero-order chi connectivity index (χ0) is 24.8. The van der Waals surface area contributed by atoms with Crippen LogP contribution in [-0.4, -0.2) is 58.7 Å². The predicted molar refractivity (Wildman–Crippen MR) is 120 cm³/mol. The Morgan fingerprint density at radius 1 is 1.00 bits per heavy atom. The van der Waals surface area contributed by atoms with Crippen molar-refractivity contribution < 1.29 is 33.4 Å². The molecule has 0 aromatic heterocycles. The fourth-order valence-electron chi connectivity index (χ4n) is 3.07. The molecule has 33 heavy (non-hydrogen) atoms. The van der Waals surface area contributed by atoms with Gasteiger partial charge in [-0.25, -0.2) is 14.4 Å². The number of carbonyl (C=O) groups is 4. The quantitative estimate of drug-likeness (QED) is 0.490. The van der Waals surface area contributed by atoms with Gasteiger partial charge in [0.25, 0.3) is 0 Å². The normalized spacial score (nSPS) is 16.8. The smallest absolute Gasteiger partial charge is 0.408 e. The fraction of sp³-hybridized carbons (Fsp3) is 0.583. The molecule has 0 spiro atoms. The molecule has 1 heterocycles. The molecule has 182 valence electrons. The highest BCUT2D eigenvalue weighted by molar-refractivity contribution is 5.91. The topological polar surface area (TPSA) is 111 Å². The molecule has 0 radical (unpaired) electrons. The van der Waals surface area contributed by atoms with Crippen LogP contribution in [0.5, 0.6) is 0 Å². The average molecular weight is 463 g/mol. The van der Waals surface area contributed by atoms with Gasteiger partial charge in [-0.05, 0) is 53.5 Å². The van der Waals surface area contributed by atoms with E-state index in [0.717, 1.165) is 5.56 Å². The minimum Gasteiger partial charge on any atom is -0.458 e. The fourth-order valence-corrected chi connectivity index (χ4v) is 3.07. The predicted octanol–water partition coefficient (Wildman–Crippen LogP) is 2.96. The number of nitrogens with one attached hydrogen (secondary N) is 1. The number of hydrogen-bond acceptors (Lipinski definition) is 7. The molecule has 1 aromatic rings. The summed E-state index contributed by atoms with van der Waals surface area (Å²) in [6, 6.07) is 7.08. The first kappa shape index (κ1) is 26.2. The van der Waals surface area contributed by atoms with Crippen LogP contribution in [0.2, 0.25) is 0 Å². The van der Waals surface area contributed by atoms with Crippen LogP contribution in [0.1, 0.15) is 59.9 Å². The SMILES string of the molecule is CC(C)(C)OC(=O)C(CC(=O)N1CCC1C(=O)OC(C)(C)C)NC(=O)OCc1ccccc1. The Balaban J connectivity index is 2.02. The number of benzene rings is 1. The van der Waals surface area contributed by atoms with Crippen LogP contribution >= 0.6 is 0 Å². The van der Waals surface area contributed by atoms with E-state index in [9.17, 15) is 19.2 Å². The minimum atomic E-state index is -1.26. The first-order valence-electron chi connectivity index (χ1n) is 11.0. The van der Waals surface area contributed by atoms with E-state index in [1.165, 1.54) is 4.90 Å². The molecule has 0 bridgehead atoms. The highest BCUT2D eigenvalue weighted by Crippen LogP contribution is 2.23. The molecule has 1 aliphatic rings. The summed E-state index contributed by atoms with van der Waals surface area (Å²) >= 11 is 0. The van der Waals surface area contributed by atoms with Gasteiger partial charge in [-0.1, -0.05) is 30.3 Å². The van der Waals surface area contributed by atoms with Crippen molar-refractivity contribution in [2.24, 2.45) is 0 Å². The monoisotopic (exact) mass is 462 g/mol. The summed E-state index contributed by atoms with van der Waals surface area (Å²) in [6.07, 6.45) is -0.742. The van der Waals surface area contributed by atoms with Crippen molar-refractivity contribution in [3.05, 3.63) is 35.9 Å². The van der Waals surface area contributed by atoms with Gasteiger partial charge in [0, 0.05) is 6.54 Å². The Morgan fingerprint density at radius 2 is 1.61 bits per heavy atom. The van der Waals surface area contributed by atoms with Crippen LogP contribution in [0.3, 0.4) is 0 Å². The molecule has 1 saturated heterocycles. The Kier molecular flexibility index (Phi) is 8.46. The molecule has 2 rings (SSSR count). The van der Waals surface area contributed by atoms with Crippen molar-refractivity contribution in [2.45, 2.75) is 84.3 Å². The summed E-state index contributed by atoms with van der Waals surface area (Å²) in [6.45, 7) is 10.7. The molecule has 9 nitrogen and oxygen atoms in total. The van der Waals surface area contributed by atoms with E-state index in [-0.39, 0.29) is 13.0 Å². The second-order valence-corrected chi connectivity index (χ2v) is 9.92. The number of esters is 2. The first-order valence-corrected chi connectivity index (χ1v) is 11.0. The van der Waals surface area contributed by atoms with E-state index >= 15 is 0 Å². The van der Waals surface area contributed by atoms with E-state index in [1.54, 1.807) is 53.7 Å². The molecular formula is C24H34N2O7. The summed E-state index contributed by atoms with van der Waals surface area (Å²) < 4.78 is 15.9. The second-order valence-electron chi connectivity index (χ2n) is 9.92. The lowest BCUT2D eigenvalue weighted by Gasteiger charge is -2.40. The molecule has 2 atom stereocenters. The molecule has 0 aliphatic carbocycles. The van der Waals surface area contributed by atoms with Gasteiger partial charge >= 0.3 is 18.0 Å². The molecule has 1 fully saturated rings. The maximum atomic E-state index is 12.9. The summed E-state index contributed by atoms with van der Waals surface area (Å²) in [7, 11) is 0. The highest BCUT2D eigenvalue weighted by atomic mass is 16.6. The number of likely N-dealkylation sites (tertiary alicyclic amines) is 1. The Morgan fingerprint density at radius 3 is 2.12 bits per heavy atom. The molecule has 2 unspecified atom stereocenters. The lowest BCUT2D eigenvalue weighted by atomic mass is 10.0. The van der Waals surface area contributed by atoms with E-state index in [1.807, 2.05) is 18.2 Å².